The first-order chi connectivity index (χ1) is 14.5. The van der Waals surface area contributed by atoms with Crippen LogP contribution in [0.2, 0.25) is 5.02 Å². The standard InChI is InChI=1S/C22H25ClN2O5/c1-4-5-6-7-10-30-21-19(28-2)11-15(12-20(21)29-3)14-24-25-22(27)16-8-9-18(26)17(23)13-16/h4,8-9,11-14,26H,1,5-7,10H2,2-3H3,(H,25,27)/b24-14+. The van der Waals surface area contributed by atoms with Crippen molar-refractivity contribution in [3.05, 3.63) is 59.1 Å². The van der Waals surface area contributed by atoms with Gasteiger partial charge in [-0.05, 0) is 49.6 Å². The second-order valence-corrected chi connectivity index (χ2v) is 6.66. The Bertz CT molecular complexity index is 889. The maximum Gasteiger partial charge on any atom is 0.271 e. The van der Waals surface area contributed by atoms with E-state index in [1.165, 1.54) is 38.6 Å². The van der Waals surface area contributed by atoms with Gasteiger partial charge >= 0.3 is 0 Å². The van der Waals surface area contributed by atoms with Crippen molar-refractivity contribution in [1.29, 1.82) is 0 Å². The number of hydrogen-bond acceptors (Lipinski definition) is 6. The maximum absolute atomic E-state index is 12.2. The third-order valence-corrected chi connectivity index (χ3v) is 4.42. The third-order valence-electron chi connectivity index (χ3n) is 4.12. The van der Waals surface area contributed by atoms with E-state index < -0.39 is 5.91 Å². The quantitative estimate of drug-likeness (QED) is 0.235. The summed E-state index contributed by atoms with van der Waals surface area (Å²) in [5, 5.41) is 13.5. The van der Waals surface area contributed by atoms with Crippen molar-refractivity contribution in [2.24, 2.45) is 5.10 Å². The Labute approximate surface area is 180 Å². The van der Waals surface area contributed by atoms with E-state index in [1.54, 1.807) is 12.1 Å². The van der Waals surface area contributed by atoms with Crippen LogP contribution in [-0.4, -0.2) is 38.1 Å². The van der Waals surface area contributed by atoms with E-state index in [1.807, 2.05) is 6.08 Å². The van der Waals surface area contributed by atoms with Crippen molar-refractivity contribution >= 4 is 23.7 Å². The fraction of sp³-hybridized carbons (Fsp3) is 0.273. The SMILES string of the molecule is C=CCCCCOc1c(OC)cc(/C=N/NC(=O)c2ccc(O)c(Cl)c2)cc1OC. The second kappa shape index (κ2) is 11.7. The number of unbranched alkanes of at least 4 members (excludes halogenated alkanes) is 2. The summed E-state index contributed by atoms with van der Waals surface area (Å²) in [6.45, 7) is 4.23. The number of amides is 1. The minimum absolute atomic E-state index is 0.0844. The highest BCUT2D eigenvalue weighted by Crippen LogP contribution is 2.38. The topological polar surface area (TPSA) is 89.4 Å². The monoisotopic (exact) mass is 432 g/mol. The lowest BCUT2D eigenvalue weighted by molar-refractivity contribution is 0.0955. The van der Waals surface area contributed by atoms with Gasteiger partial charge in [-0.15, -0.1) is 6.58 Å². The summed E-state index contributed by atoms with van der Waals surface area (Å²) in [4.78, 5) is 12.2. The van der Waals surface area contributed by atoms with Crippen LogP contribution in [0.25, 0.3) is 0 Å². The Hall–Kier alpha value is -3.19. The molecule has 0 aliphatic heterocycles. The molecule has 0 saturated heterocycles. The molecule has 1 amide bonds. The zero-order valence-corrected chi connectivity index (χ0v) is 17.7. The zero-order chi connectivity index (χ0) is 21.9. The molecule has 2 rings (SSSR count). The van der Waals surface area contributed by atoms with E-state index in [-0.39, 0.29) is 16.3 Å². The van der Waals surface area contributed by atoms with Crippen LogP contribution in [0, 0.1) is 0 Å². The van der Waals surface area contributed by atoms with Gasteiger partial charge in [-0.3, -0.25) is 4.79 Å². The number of nitrogens with zero attached hydrogens (tertiary/aromatic N) is 1. The molecule has 0 radical (unpaired) electrons. The minimum atomic E-state index is -0.466. The van der Waals surface area contributed by atoms with Crippen LogP contribution in [0.5, 0.6) is 23.0 Å². The van der Waals surface area contributed by atoms with E-state index in [9.17, 15) is 9.90 Å². The van der Waals surface area contributed by atoms with Gasteiger partial charge in [0.2, 0.25) is 5.75 Å². The molecule has 2 N–H and O–H groups in total. The lowest BCUT2D eigenvalue weighted by Gasteiger charge is -2.15. The second-order valence-electron chi connectivity index (χ2n) is 6.25. The predicted molar refractivity (Wildman–Crippen MR) is 117 cm³/mol. The number of aromatic hydroxyl groups is 1. The van der Waals surface area contributed by atoms with Gasteiger partial charge in [0.1, 0.15) is 5.75 Å². The smallest absolute Gasteiger partial charge is 0.271 e. The predicted octanol–water partition coefficient (Wildman–Crippen LogP) is 4.56. The lowest BCUT2D eigenvalue weighted by Crippen LogP contribution is -2.17. The molecule has 0 heterocycles. The molecule has 2 aromatic carbocycles. The van der Waals surface area contributed by atoms with Crippen LogP contribution < -0.4 is 19.6 Å². The van der Waals surface area contributed by atoms with Gasteiger partial charge in [0, 0.05) is 11.1 Å². The summed E-state index contributed by atoms with van der Waals surface area (Å²) in [5.74, 6) is 0.941. The zero-order valence-electron chi connectivity index (χ0n) is 17.0. The summed E-state index contributed by atoms with van der Waals surface area (Å²) in [6, 6.07) is 7.60. The number of methoxy groups -OCH3 is 2. The number of phenols is 1. The van der Waals surface area contributed by atoms with Gasteiger partial charge in [-0.25, -0.2) is 5.43 Å². The largest absolute Gasteiger partial charge is 0.506 e. The molecule has 0 bridgehead atoms. The van der Waals surface area contributed by atoms with Gasteiger partial charge in [-0.2, -0.15) is 5.10 Å². The van der Waals surface area contributed by atoms with Crippen molar-refractivity contribution in [3.8, 4) is 23.0 Å². The van der Waals surface area contributed by atoms with E-state index in [0.29, 0.717) is 29.4 Å². The highest BCUT2D eigenvalue weighted by Gasteiger charge is 2.14. The average Bonchev–Trinajstić information content (AvgIpc) is 2.75. The number of allylic oxidation sites excluding steroid dienone is 1. The highest BCUT2D eigenvalue weighted by atomic mass is 35.5. The Balaban J connectivity index is 2.08. The molecule has 0 aliphatic rings. The van der Waals surface area contributed by atoms with Crippen molar-refractivity contribution < 1.29 is 24.1 Å². The molecular weight excluding hydrogens is 408 g/mol. The number of hydrazone groups is 1. The van der Waals surface area contributed by atoms with Crippen LogP contribution in [-0.2, 0) is 0 Å². The van der Waals surface area contributed by atoms with E-state index in [4.69, 9.17) is 25.8 Å². The van der Waals surface area contributed by atoms with E-state index >= 15 is 0 Å². The fourth-order valence-corrected chi connectivity index (χ4v) is 2.74. The summed E-state index contributed by atoms with van der Waals surface area (Å²) in [6.07, 6.45) is 6.15. The summed E-state index contributed by atoms with van der Waals surface area (Å²) < 4.78 is 16.7. The molecule has 7 nitrogen and oxygen atoms in total. The Morgan fingerprint density at radius 1 is 1.20 bits per heavy atom. The van der Waals surface area contributed by atoms with E-state index in [0.717, 1.165) is 19.3 Å². The van der Waals surface area contributed by atoms with Crippen molar-refractivity contribution in [2.75, 3.05) is 20.8 Å². The third kappa shape index (κ3) is 6.42. The summed E-state index contributed by atoms with van der Waals surface area (Å²) in [5.41, 5.74) is 3.32. The number of nitrogens with one attached hydrogen (secondary N) is 1. The Morgan fingerprint density at radius 3 is 2.50 bits per heavy atom. The molecule has 8 heteroatoms. The molecule has 160 valence electrons. The van der Waals surface area contributed by atoms with Crippen LogP contribution in [0.15, 0.2) is 48.1 Å². The first-order valence-corrected chi connectivity index (χ1v) is 9.69. The van der Waals surface area contributed by atoms with Gasteiger partial charge in [0.15, 0.2) is 11.5 Å². The van der Waals surface area contributed by atoms with Crippen LogP contribution in [0.4, 0.5) is 0 Å². The van der Waals surface area contributed by atoms with Gasteiger partial charge in [-0.1, -0.05) is 17.7 Å². The number of carbonyl (C=O) groups excluding carboxylic acids is 1. The minimum Gasteiger partial charge on any atom is -0.506 e. The van der Waals surface area contributed by atoms with Crippen LogP contribution in [0.1, 0.15) is 35.2 Å². The molecule has 0 unspecified atom stereocenters. The van der Waals surface area contributed by atoms with Crippen molar-refractivity contribution in [1.82, 2.24) is 5.43 Å². The molecular formula is C22H25ClN2O5. The maximum atomic E-state index is 12.2. The number of hydrogen-bond donors (Lipinski definition) is 2. The number of rotatable bonds is 11. The number of phenolic OH excluding ortho intramolecular Hbond substituents is 1. The van der Waals surface area contributed by atoms with Gasteiger partial charge in [0.05, 0.1) is 32.1 Å². The molecule has 0 aliphatic carbocycles. The Kier molecular flexibility index (Phi) is 9.03. The molecule has 2 aromatic rings. The number of ether oxygens (including phenoxy) is 3. The number of benzene rings is 2. The molecule has 0 atom stereocenters. The van der Waals surface area contributed by atoms with Gasteiger partial charge in [0.25, 0.3) is 5.91 Å². The highest BCUT2D eigenvalue weighted by molar-refractivity contribution is 6.32. The first-order valence-electron chi connectivity index (χ1n) is 9.31. The van der Waals surface area contributed by atoms with Gasteiger partial charge < -0.3 is 19.3 Å². The Morgan fingerprint density at radius 2 is 1.90 bits per heavy atom. The normalized spacial score (nSPS) is 10.6. The van der Waals surface area contributed by atoms with Crippen LogP contribution >= 0.6 is 11.6 Å². The summed E-state index contributed by atoms with van der Waals surface area (Å²) in [7, 11) is 3.08. The number of carbonyl (C=O) groups is 1. The molecule has 0 spiro atoms. The average molecular weight is 433 g/mol. The lowest BCUT2D eigenvalue weighted by atomic mass is 10.2. The molecule has 0 fully saturated rings. The fourth-order valence-electron chi connectivity index (χ4n) is 2.56. The van der Waals surface area contributed by atoms with E-state index in [2.05, 4.69) is 17.1 Å². The molecule has 0 saturated carbocycles. The van der Waals surface area contributed by atoms with Crippen molar-refractivity contribution in [2.45, 2.75) is 19.3 Å². The van der Waals surface area contributed by atoms with Crippen LogP contribution in [0.3, 0.4) is 0 Å². The summed E-state index contributed by atoms with van der Waals surface area (Å²) >= 11 is 5.82. The number of halogens is 1. The molecule has 30 heavy (non-hydrogen) atoms. The first kappa shape index (κ1) is 23.1. The molecule has 0 aromatic heterocycles. The van der Waals surface area contributed by atoms with Crippen molar-refractivity contribution in [3.63, 3.8) is 0 Å².